The second kappa shape index (κ2) is 6.18. The minimum Gasteiger partial charge on any atom is -0.454 e. The smallest absolute Gasteiger partial charge is 0.257 e. The Balaban J connectivity index is 1.56. The number of aryl methyl sites for hydroxylation is 2. The number of hydrogen-bond acceptors (Lipinski definition) is 4. The molecule has 0 radical (unpaired) electrons. The molecule has 0 saturated carbocycles. The number of benzene rings is 2. The van der Waals surface area contributed by atoms with Crippen LogP contribution in [0, 0.1) is 13.8 Å². The van der Waals surface area contributed by atoms with Crippen molar-refractivity contribution >= 4 is 33.3 Å². The number of thiazole rings is 1. The third kappa shape index (κ3) is 3.06. The van der Waals surface area contributed by atoms with E-state index in [-0.39, 0.29) is 5.91 Å². The number of rotatable bonds is 3. The van der Waals surface area contributed by atoms with Crippen LogP contribution in [0.4, 0.5) is 5.13 Å². The molecule has 25 heavy (non-hydrogen) atoms. The molecular weight excluding hydrogens is 332 g/mol. The number of nitrogens with one attached hydrogen (secondary N) is 1. The van der Waals surface area contributed by atoms with Gasteiger partial charge in [-0.05, 0) is 49.2 Å². The summed E-state index contributed by atoms with van der Waals surface area (Å²) in [7, 11) is 0. The molecule has 0 aliphatic carbocycles. The number of aromatic nitrogens is 1. The zero-order chi connectivity index (χ0) is 17.4. The molecule has 0 bridgehead atoms. The van der Waals surface area contributed by atoms with E-state index in [0.29, 0.717) is 16.5 Å². The Bertz CT molecular complexity index is 1050. The summed E-state index contributed by atoms with van der Waals surface area (Å²) in [4.78, 5) is 16.9. The largest absolute Gasteiger partial charge is 0.454 e. The van der Waals surface area contributed by atoms with Crippen molar-refractivity contribution < 1.29 is 9.21 Å². The lowest BCUT2D eigenvalue weighted by Gasteiger charge is -2.04. The summed E-state index contributed by atoms with van der Waals surface area (Å²) in [6, 6.07) is 15.4. The number of fused-ring (bicyclic) bond motifs is 1. The summed E-state index contributed by atoms with van der Waals surface area (Å²) in [6.45, 7) is 4.02. The first kappa shape index (κ1) is 15.6. The van der Waals surface area contributed by atoms with Gasteiger partial charge in [-0.2, -0.15) is 0 Å². The van der Waals surface area contributed by atoms with Crippen molar-refractivity contribution in [1.29, 1.82) is 0 Å². The topological polar surface area (TPSA) is 55.1 Å². The highest BCUT2D eigenvalue weighted by Gasteiger charge is 2.13. The number of anilines is 1. The molecule has 0 unspecified atom stereocenters. The van der Waals surface area contributed by atoms with Crippen molar-refractivity contribution in [3.63, 3.8) is 0 Å². The molecule has 5 heteroatoms. The number of amides is 1. The first-order valence-corrected chi connectivity index (χ1v) is 8.81. The molecule has 4 rings (SSSR count). The quantitative estimate of drug-likeness (QED) is 0.537. The predicted octanol–water partition coefficient (Wildman–Crippen LogP) is 5.43. The van der Waals surface area contributed by atoms with Gasteiger partial charge in [0.2, 0.25) is 0 Å². The van der Waals surface area contributed by atoms with Gasteiger partial charge in [-0.25, -0.2) is 4.98 Å². The molecule has 4 nitrogen and oxygen atoms in total. The average molecular weight is 348 g/mol. The Morgan fingerprint density at radius 1 is 1.08 bits per heavy atom. The van der Waals surface area contributed by atoms with Gasteiger partial charge in [0.25, 0.3) is 5.91 Å². The number of furan rings is 1. The third-order valence-corrected chi connectivity index (χ3v) is 4.93. The maximum absolute atomic E-state index is 12.4. The Morgan fingerprint density at radius 3 is 2.72 bits per heavy atom. The summed E-state index contributed by atoms with van der Waals surface area (Å²) in [6.07, 6.45) is 0. The van der Waals surface area contributed by atoms with E-state index < -0.39 is 0 Å². The van der Waals surface area contributed by atoms with Crippen molar-refractivity contribution in [3.8, 4) is 11.5 Å². The first-order chi connectivity index (χ1) is 12.1. The van der Waals surface area contributed by atoms with Gasteiger partial charge in [-0.1, -0.05) is 24.3 Å². The molecule has 1 N–H and O–H groups in total. The van der Waals surface area contributed by atoms with E-state index in [0.717, 1.165) is 27.8 Å². The number of nitrogens with zero attached hydrogens (tertiary/aromatic N) is 1. The minimum atomic E-state index is -0.159. The molecule has 2 heterocycles. The highest BCUT2D eigenvalue weighted by molar-refractivity contribution is 7.14. The van der Waals surface area contributed by atoms with Crippen molar-refractivity contribution in [1.82, 2.24) is 4.98 Å². The Kier molecular flexibility index (Phi) is 3.86. The second-order valence-corrected chi connectivity index (χ2v) is 6.80. The molecule has 0 spiro atoms. The lowest BCUT2D eigenvalue weighted by Crippen LogP contribution is -2.12. The SMILES string of the molecule is Cc1ccc(C(=O)Nc2nc(-c3cc4ccccc4o3)cs2)cc1C. The van der Waals surface area contributed by atoms with E-state index in [1.807, 2.05) is 67.8 Å². The fraction of sp³-hybridized carbons (Fsp3) is 0.100. The summed E-state index contributed by atoms with van der Waals surface area (Å²) >= 11 is 1.38. The molecule has 0 aliphatic heterocycles. The van der Waals surface area contributed by atoms with Crippen LogP contribution < -0.4 is 5.32 Å². The van der Waals surface area contributed by atoms with E-state index in [2.05, 4.69) is 10.3 Å². The first-order valence-electron chi connectivity index (χ1n) is 7.93. The standard InChI is InChI=1S/C20H16N2O2S/c1-12-7-8-15(9-13(12)2)19(23)22-20-21-16(11-25-20)18-10-14-5-3-4-6-17(14)24-18/h3-11H,1-2H3,(H,21,22,23). The molecule has 0 fully saturated rings. The molecular formula is C20H16N2O2S. The number of carbonyl (C=O) groups is 1. The predicted molar refractivity (Wildman–Crippen MR) is 101 cm³/mol. The Morgan fingerprint density at radius 2 is 1.92 bits per heavy atom. The molecule has 4 aromatic rings. The maximum Gasteiger partial charge on any atom is 0.257 e. The number of para-hydroxylation sites is 1. The fourth-order valence-corrected chi connectivity index (χ4v) is 3.30. The van der Waals surface area contributed by atoms with E-state index in [1.54, 1.807) is 0 Å². The second-order valence-electron chi connectivity index (χ2n) is 5.94. The molecule has 2 aromatic carbocycles. The summed E-state index contributed by atoms with van der Waals surface area (Å²) < 4.78 is 5.82. The molecule has 0 saturated heterocycles. The van der Waals surface area contributed by atoms with Crippen molar-refractivity contribution in [2.45, 2.75) is 13.8 Å². The average Bonchev–Trinajstić information content (AvgIpc) is 3.23. The molecule has 0 aliphatic rings. The maximum atomic E-state index is 12.4. The summed E-state index contributed by atoms with van der Waals surface area (Å²) in [5.41, 5.74) is 4.43. The van der Waals surface area contributed by atoms with Crippen molar-refractivity contribution in [2.24, 2.45) is 0 Å². The zero-order valence-corrected chi connectivity index (χ0v) is 14.7. The number of carbonyl (C=O) groups excluding carboxylic acids is 1. The van der Waals surface area contributed by atoms with Crippen LogP contribution >= 0.6 is 11.3 Å². The van der Waals surface area contributed by atoms with Crippen LogP contribution in [0.3, 0.4) is 0 Å². The summed E-state index contributed by atoms with van der Waals surface area (Å²) in [5.74, 6) is 0.540. The van der Waals surface area contributed by atoms with E-state index in [4.69, 9.17) is 4.42 Å². The monoisotopic (exact) mass is 348 g/mol. The van der Waals surface area contributed by atoms with Gasteiger partial charge < -0.3 is 4.42 Å². The van der Waals surface area contributed by atoms with Gasteiger partial charge in [0.15, 0.2) is 10.9 Å². The van der Waals surface area contributed by atoms with Gasteiger partial charge in [0, 0.05) is 16.3 Å². The van der Waals surface area contributed by atoms with Crippen LogP contribution in [0.5, 0.6) is 0 Å². The van der Waals surface area contributed by atoms with Crippen LogP contribution in [0.2, 0.25) is 0 Å². The van der Waals surface area contributed by atoms with Crippen LogP contribution in [-0.2, 0) is 0 Å². The van der Waals surface area contributed by atoms with Crippen molar-refractivity contribution in [2.75, 3.05) is 5.32 Å². The molecule has 1 amide bonds. The van der Waals surface area contributed by atoms with E-state index >= 15 is 0 Å². The fourth-order valence-electron chi connectivity index (χ4n) is 2.60. The minimum absolute atomic E-state index is 0.159. The highest BCUT2D eigenvalue weighted by Crippen LogP contribution is 2.30. The van der Waals surface area contributed by atoms with Gasteiger partial charge in [0.1, 0.15) is 11.3 Å². The third-order valence-electron chi connectivity index (χ3n) is 4.17. The van der Waals surface area contributed by atoms with Gasteiger partial charge in [-0.3, -0.25) is 10.1 Å². The van der Waals surface area contributed by atoms with E-state index in [1.165, 1.54) is 11.3 Å². The van der Waals surface area contributed by atoms with Crippen molar-refractivity contribution in [3.05, 3.63) is 70.6 Å². The van der Waals surface area contributed by atoms with E-state index in [9.17, 15) is 4.79 Å². The zero-order valence-electron chi connectivity index (χ0n) is 13.9. The highest BCUT2D eigenvalue weighted by atomic mass is 32.1. The van der Waals surface area contributed by atoms with Crippen LogP contribution in [0.25, 0.3) is 22.4 Å². The Labute approximate surface area is 149 Å². The molecule has 2 aromatic heterocycles. The van der Waals surface area contributed by atoms with Crippen LogP contribution in [-0.4, -0.2) is 10.9 Å². The molecule has 124 valence electrons. The van der Waals surface area contributed by atoms with Gasteiger partial charge >= 0.3 is 0 Å². The van der Waals surface area contributed by atoms with Gasteiger partial charge in [-0.15, -0.1) is 11.3 Å². The molecule has 0 atom stereocenters. The van der Waals surface area contributed by atoms with Crippen LogP contribution in [0.15, 0.2) is 58.3 Å². The normalized spacial score (nSPS) is 11.0. The Hall–Kier alpha value is -2.92. The lowest BCUT2D eigenvalue weighted by molar-refractivity contribution is 0.102. The lowest BCUT2D eigenvalue weighted by atomic mass is 10.1. The van der Waals surface area contributed by atoms with Gasteiger partial charge in [0.05, 0.1) is 0 Å². The van der Waals surface area contributed by atoms with Crippen LogP contribution in [0.1, 0.15) is 21.5 Å². The number of hydrogen-bond donors (Lipinski definition) is 1. The summed E-state index contributed by atoms with van der Waals surface area (Å²) in [5, 5.41) is 6.33.